The lowest BCUT2D eigenvalue weighted by Crippen LogP contribution is -2.03. The maximum atomic E-state index is 9.47. The van der Waals surface area contributed by atoms with Crippen molar-refractivity contribution in [1.29, 1.82) is 5.26 Å². The number of hydrogen-bond acceptors (Lipinski definition) is 5. The molecule has 0 saturated carbocycles. The second kappa shape index (κ2) is 6.43. The average molecular weight is 362 g/mol. The molecule has 0 aliphatic carbocycles. The van der Waals surface area contributed by atoms with Crippen LogP contribution in [0.4, 0.5) is 0 Å². The fraction of sp³-hybridized carbons (Fsp3) is 0.0556. The van der Waals surface area contributed by atoms with Gasteiger partial charge < -0.3 is 0 Å². The summed E-state index contributed by atoms with van der Waals surface area (Å²) in [4.78, 5) is 1.40. The van der Waals surface area contributed by atoms with E-state index in [4.69, 9.17) is 11.6 Å². The predicted molar refractivity (Wildman–Crippen MR) is 96.2 cm³/mol. The first kappa shape index (κ1) is 16.0. The molecule has 0 saturated heterocycles. The molecule has 2 aromatic heterocycles. The van der Waals surface area contributed by atoms with Crippen LogP contribution < -0.4 is 0 Å². The number of benzene rings is 2. The summed E-state index contributed by atoms with van der Waals surface area (Å²) in [6.45, 7) is 1.86. The monoisotopic (exact) mass is 361 g/mol. The van der Waals surface area contributed by atoms with Crippen molar-refractivity contribution in [2.24, 2.45) is 0 Å². The Morgan fingerprint density at radius 1 is 1.12 bits per heavy atom. The lowest BCUT2D eigenvalue weighted by Gasteiger charge is -2.08. The van der Waals surface area contributed by atoms with E-state index in [0.717, 1.165) is 22.4 Å². The number of halogens is 1. The van der Waals surface area contributed by atoms with E-state index in [-0.39, 0.29) is 0 Å². The molecule has 7 nitrogen and oxygen atoms in total. The van der Waals surface area contributed by atoms with Gasteiger partial charge in [-0.3, -0.25) is 0 Å². The zero-order chi connectivity index (χ0) is 18.1. The molecular formula is C18H12ClN7. The minimum Gasteiger partial charge on any atom is -0.240 e. The molecule has 126 valence electrons. The van der Waals surface area contributed by atoms with Crippen molar-refractivity contribution >= 4 is 11.6 Å². The summed E-state index contributed by atoms with van der Waals surface area (Å²) in [7, 11) is 0. The summed E-state index contributed by atoms with van der Waals surface area (Å²) in [5, 5.41) is 26.3. The summed E-state index contributed by atoms with van der Waals surface area (Å²) in [5.41, 5.74) is 4.60. The standard InChI is InChI=1S/C18H12ClN7/c1-12-14(8-20)5-13(6-18(12)26-23-11-21-24-26)15-9-22-25(10-15)17-4-2-3-16(19)7-17/h2-7,9-11H,1H3. The summed E-state index contributed by atoms with van der Waals surface area (Å²) in [5.74, 6) is 0. The van der Waals surface area contributed by atoms with E-state index in [0.29, 0.717) is 16.3 Å². The molecule has 26 heavy (non-hydrogen) atoms. The van der Waals surface area contributed by atoms with Crippen molar-refractivity contribution < 1.29 is 0 Å². The Morgan fingerprint density at radius 2 is 2.00 bits per heavy atom. The number of nitriles is 1. The fourth-order valence-electron chi connectivity index (χ4n) is 2.70. The van der Waals surface area contributed by atoms with E-state index in [2.05, 4.69) is 26.6 Å². The molecule has 4 rings (SSSR count). The first-order valence-electron chi connectivity index (χ1n) is 7.75. The van der Waals surface area contributed by atoms with Crippen LogP contribution in [0.25, 0.3) is 22.5 Å². The highest BCUT2D eigenvalue weighted by Gasteiger charge is 2.13. The van der Waals surface area contributed by atoms with E-state index in [9.17, 15) is 5.26 Å². The van der Waals surface area contributed by atoms with Crippen molar-refractivity contribution in [3.63, 3.8) is 0 Å². The maximum absolute atomic E-state index is 9.47. The molecule has 2 heterocycles. The maximum Gasteiger partial charge on any atom is 0.162 e. The molecule has 0 N–H and O–H groups in total. The van der Waals surface area contributed by atoms with Gasteiger partial charge in [-0.25, -0.2) is 4.68 Å². The summed E-state index contributed by atoms with van der Waals surface area (Å²) < 4.78 is 1.74. The molecule has 0 radical (unpaired) electrons. The average Bonchev–Trinajstić information content (AvgIpc) is 3.34. The number of nitrogens with zero attached hydrogens (tertiary/aromatic N) is 7. The van der Waals surface area contributed by atoms with Gasteiger partial charge in [-0.15, -0.1) is 15.0 Å². The molecule has 0 fully saturated rings. The van der Waals surface area contributed by atoms with Crippen LogP contribution in [-0.4, -0.2) is 30.0 Å². The highest BCUT2D eigenvalue weighted by molar-refractivity contribution is 6.30. The third-order valence-electron chi connectivity index (χ3n) is 4.05. The molecule has 0 unspecified atom stereocenters. The van der Waals surface area contributed by atoms with Crippen LogP contribution in [0.3, 0.4) is 0 Å². The highest BCUT2D eigenvalue weighted by Crippen LogP contribution is 2.27. The molecule has 2 aromatic carbocycles. The normalized spacial score (nSPS) is 10.7. The Labute approximate surface area is 154 Å². The van der Waals surface area contributed by atoms with E-state index < -0.39 is 0 Å². The van der Waals surface area contributed by atoms with Gasteiger partial charge in [0.05, 0.1) is 29.2 Å². The number of tetrazole rings is 1. The third kappa shape index (κ3) is 2.83. The Balaban J connectivity index is 1.82. The van der Waals surface area contributed by atoms with Crippen molar-refractivity contribution in [1.82, 2.24) is 30.0 Å². The molecule has 0 bridgehead atoms. The van der Waals surface area contributed by atoms with E-state index in [1.165, 1.54) is 11.1 Å². The zero-order valence-corrected chi connectivity index (χ0v) is 14.5. The summed E-state index contributed by atoms with van der Waals surface area (Å²) >= 11 is 6.05. The first-order chi connectivity index (χ1) is 12.7. The predicted octanol–water partition coefficient (Wildman–Crippen LogP) is 3.35. The minimum absolute atomic E-state index is 0.547. The van der Waals surface area contributed by atoms with Gasteiger partial charge in [0.1, 0.15) is 0 Å². The van der Waals surface area contributed by atoms with Crippen LogP contribution in [-0.2, 0) is 0 Å². The lowest BCUT2D eigenvalue weighted by atomic mass is 10.0. The molecule has 4 aromatic rings. The SMILES string of the molecule is Cc1c(C#N)cc(-c2cnn(-c3cccc(Cl)c3)c2)cc1-n1ncnn1. The first-order valence-corrected chi connectivity index (χ1v) is 8.12. The molecule has 0 aliphatic heterocycles. The van der Waals surface area contributed by atoms with Crippen LogP contribution >= 0.6 is 11.6 Å². The van der Waals surface area contributed by atoms with Crippen molar-refractivity contribution in [2.75, 3.05) is 0 Å². The van der Waals surface area contributed by atoms with Gasteiger partial charge in [0, 0.05) is 16.8 Å². The highest BCUT2D eigenvalue weighted by atomic mass is 35.5. The van der Waals surface area contributed by atoms with Crippen molar-refractivity contribution in [3.8, 4) is 28.6 Å². The topological polar surface area (TPSA) is 85.2 Å². The van der Waals surface area contributed by atoms with Crippen LogP contribution in [0.1, 0.15) is 11.1 Å². The summed E-state index contributed by atoms with van der Waals surface area (Å²) in [6.07, 6.45) is 4.98. The second-order valence-electron chi connectivity index (χ2n) is 5.66. The second-order valence-corrected chi connectivity index (χ2v) is 6.09. The molecule has 8 heteroatoms. The van der Waals surface area contributed by atoms with E-state index >= 15 is 0 Å². The number of aromatic nitrogens is 6. The third-order valence-corrected chi connectivity index (χ3v) is 4.29. The van der Waals surface area contributed by atoms with Gasteiger partial charge in [0.25, 0.3) is 0 Å². The smallest absolute Gasteiger partial charge is 0.162 e. The van der Waals surface area contributed by atoms with Crippen LogP contribution in [0.15, 0.2) is 55.1 Å². The van der Waals surface area contributed by atoms with Crippen LogP contribution in [0, 0.1) is 18.3 Å². The van der Waals surface area contributed by atoms with E-state index in [1.807, 2.05) is 49.5 Å². The Kier molecular flexibility index (Phi) is 3.95. The van der Waals surface area contributed by atoms with E-state index in [1.54, 1.807) is 10.9 Å². The quantitative estimate of drug-likeness (QED) is 0.558. The van der Waals surface area contributed by atoms with Crippen molar-refractivity contribution in [3.05, 3.63) is 71.3 Å². The van der Waals surface area contributed by atoms with Gasteiger partial charge in [-0.05, 0) is 53.6 Å². The molecule has 0 spiro atoms. The van der Waals surface area contributed by atoms with Gasteiger partial charge in [0.2, 0.25) is 0 Å². The molecule has 0 atom stereocenters. The Bertz CT molecular complexity index is 1120. The van der Waals surface area contributed by atoms with Crippen molar-refractivity contribution in [2.45, 2.75) is 6.92 Å². The zero-order valence-electron chi connectivity index (χ0n) is 13.7. The van der Waals surface area contributed by atoms with Gasteiger partial charge in [-0.1, -0.05) is 17.7 Å². The summed E-state index contributed by atoms with van der Waals surface area (Å²) in [6, 6.07) is 13.4. The van der Waals surface area contributed by atoms with Gasteiger partial charge >= 0.3 is 0 Å². The Morgan fingerprint density at radius 3 is 2.73 bits per heavy atom. The number of rotatable bonds is 3. The fourth-order valence-corrected chi connectivity index (χ4v) is 2.88. The largest absolute Gasteiger partial charge is 0.240 e. The van der Waals surface area contributed by atoms with Crippen LogP contribution in [0.5, 0.6) is 0 Å². The van der Waals surface area contributed by atoms with Gasteiger partial charge in [0.15, 0.2) is 6.33 Å². The molecule has 0 amide bonds. The number of hydrogen-bond donors (Lipinski definition) is 0. The van der Waals surface area contributed by atoms with Crippen LogP contribution in [0.2, 0.25) is 5.02 Å². The lowest BCUT2D eigenvalue weighted by molar-refractivity contribution is 0.715. The molecule has 0 aliphatic rings. The minimum atomic E-state index is 0.547. The Hall–Kier alpha value is -3.50. The molecular weight excluding hydrogens is 350 g/mol. The van der Waals surface area contributed by atoms with Gasteiger partial charge in [-0.2, -0.15) is 10.4 Å².